The van der Waals surface area contributed by atoms with Crippen LogP contribution in [0.4, 0.5) is 0 Å². The van der Waals surface area contributed by atoms with E-state index < -0.39 is 6.17 Å². The van der Waals surface area contributed by atoms with Crippen molar-refractivity contribution in [2.75, 3.05) is 6.54 Å². The van der Waals surface area contributed by atoms with Crippen LogP contribution in [0.2, 0.25) is 0 Å². The summed E-state index contributed by atoms with van der Waals surface area (Å²) in [4.78, 5) is 35.4. The minimum absolute atomic E-state index is 0.106. The van der Waals surface area contributed by atoms with Crippen LogP contribution in [0.5, 0.6) is 0 Å². The molecule has 2 amide bonds. The number of hydrogen-bond acceptors (Lipinski definition) is 4. The summed E-state index contributed by atoms with van der Waals surface area (Å²) in [5, 5.41) is 2.79. The van der Waals surface area contributed by atoms with Crippen molar-refractivity contribution in [1.29, 1.82) is 0 Å². The van der Waals surface area contributed by atoms with Gasteiger partial charge >= 0.3 is 0 Å². The Kier molecular flexibility index (Phi) is 3.01. The van der Waals surface area contributed by atoms with Gasteiger partial charge in [-0.25, -0.2) is 0 Å². The molecule has 0 radical (unpaired) electrons. The molecule has 5 heteroatoms. The molecule has 0 aromatic heterocycles. The molecule has 2 rings (SSSR count). The Bertz CT molecular complexity index is 449. The van der Waals surface area contributed by atoms with Crippen molar-refractivity contribution < 1.29 is 14.4 Å². The van der Waals surface area contributed by atoms with Gasteiger partial charge in [0.2, 0.25) is 0 Å². The van der Waals surface area contributed by atoms with Crippen LogP contribution in [0.25, 0.3) is 0 Å². The van der Waals surface area contributed by atoms with Crippen LogP contribution in [0, 0.1) is 0 Å². The number of rotatable bonds is 4. The summed E-state index contributed by atoms with van der Waals surface area (Å²) in [5.74, 6) is -0.645. The van der Waals surface area contributed by atoms with Gasteiger partial charge in [-0.3, -0.25) is 19.8 Å². The number of amides is 2. The number of carbonyl (C=O) groups excluding carboxylic acids is 3. The molecule has 1 unspecified atom stereocenters. The van der Waals surface area contributed by atoms with E-state index >= 15 is 0 Å². The van der Waals surface area contributed by atoms with Crippen molar-refractivity contribution in [2.45, 2.75) is 13.1 Å². The molecule has 17 heavy (non-hydrogen) atoms. The van der Waals surface area contributed by atoms with Crippen LogP contribution >= 0.6 is 0 Å². The lowest BCUT2D eigenvalue weighted by atomic mass is 10.1. The number of benzene rings is 1. The molecule has 1 N–H and O–H groups in total. The fraction of sp³-hybridized carbons (Fsp3) is 0.250. The van der Waals surface area contributed by atoms with Gasteiger partial charge in [-0.15, -0.1) is 0 Å². The third-order valence-electron chi connectivity index (χ3n) is 2.71. The zero-order valence-corrected chi connectivity index (χ0v) is 9.34. The monoisotopic (exact) mass is 232 g/mol. The van der Waals surface area contributed by atoms with Crippen molar-refractivity contribution in [3.05, 3.63) is 35.4 Å². The Morgan fingerprint density at radius 2 is 1.76 bits per heavy atom. The van der Waals surface area contributed by atoms with E-state index in [0.29, 0.717) is 17.4 Å². The van der Waals surface area contributed by atoms with Crippen LogP contribution < -0.4 is 5.32 Å². The zero-order valence-electron chi connectivity index (χ0n) is 9.34. The fourth-order valence-electron chi connectivity index (χ4n) is 1.87. The smallest absolute Gasteiger partial charge is 0.262 e. The molecule has 0 spiro atoms. The fourth-order valence-corrected chi connectivity index (χ4v) is 1.87. The van der Waals surface area contributed by atoms with E-state index in [1.54, 1.807) is 31.2 Å². The quantitative estimate of drug-likeness (QED) is 0.603. The maximum absolute atomic E-state index is 12.0. The standard InChI is InChI=1S/C12H12N2O3/c1-8(13-6-7-15)14-11(16)9-4-2-3-5-10(9)12(14)17/h2-5,7-8,13H,6H2,1H3. The molecule has 1 aliphatic rings. The van der Waals surface area contributed by atoms with Gasteiger partial charge < -0.3 is 4.79 Å². The Balaban J connectivity index is 2.26. The number of hydrogen-bond donors (Lipinski definition) is 1. The highest BCUT2D eigenvalue weighted by Gasteiger charge is 2.37. The molecule has 1 heterocycles. The molecule has 0 aliphatic carbocycles. The Morgan fingerprint density at radius 1 is 1.24 bits per heavy atom. The predicted molar refractivity (Wildman–Crippen MR) is 60.5 cm³/mol. The molecule has 0 fully saturated rings. The summed E-state index contributed by atoms with van der Waals surface area (Å²) in [7, 11) is 0. The molecule has 1 atom stereocenters. The Hall–Kier alpha value is -2.01. The highest BCUT2D eigenvalue weighted by molar-refractivity contribution is 6.21. The van der Waals surface area contributed by atoms with E-state index in [9.17, 15) is 14.4 Å². The Labute approximate surface area is 98.4 Å². The largest absolute Gasteiger partial charge is 0.302 e. The predicted octanol–water partition coefficient (Wildman–Crippen LogP) is 0.417. The minimum Gasteiger partial charge on any atom is -0.302 e. The summed E-state index contributed by atoms with van der Waals surface area (Å²) in [6.07, 6.45) is 0.196. The van der Waals surface area contributed by atoms with Gasteiger partial charge in [-0.1, -0.05) is 12.1 Å². The topological polar surface area (TPSA) is 66.5 Å². The molecule has 1 aliphatic heterocycles. The lowest BCUT2D eigenvalue weighted by molar-refractivity contribution is -0.107. The van der Waals surface area contributed by atoms with Crippen LogP contribution in [-0.2, 0) is 4.79 Å². The molecular weight excluding hydrogens is 220 g/mol. The van der Waals surface area contributed by atoms with Gasteiger partial charge in [0.25, 0.3) is 11.8 Å². The van der Waals surface area contributed by atoms with Gasteiger partial charge in [0.15, 0.2) is 0 Å². The third kappa shape index (κ3) is 1.85. The first kappa shape index (κ1) is 11.5. The average molecular weight is 232 g/mol. The molecule has 88 valence electrons. The highest BCUT2D eigenvalue weighted by atomic mass is 16.2. The van der Waals surface area contributed by atoms with E-state index in [4.69, 9.17) is 0 Å². The average Bonchev–Trinajstić information content (AvgIpc) is 2.60. The van der Waals surface area contributed by atoms with E-state index in [1.165, 1.54) is 0 Å². The van der Waals surface area contributed by atoms with Gasteiger partial charge in [-0.05, 0) is 19.1 Å². The first-order valence-electron chi connectivity index (χ1n) is 5.30. The second-order valence-electron chi connectivity index (χ2n) is 3.78. The first-order chi connectivity index (χ1) is 8.16. The number of nitrogens with zero attached hydrogens (tertiary/aromatic N) is 1. The molecular formula is C12H12N2O3. The summed E-state index contributed by atoms with van der Waals surface area (Å²) in [6, 6.07) is 6.69. The normalized spacial score (nSPS) is 15.9. The third-order valence-corrected chi connectivity index (χ3v) is 2.71. The van der Waals surface area contributed by atoms with E-state index in [-0.39, 0.29) is 18.4 Å². The molecule has 1 aromatic rings. The van der Waals surface area contributed by atoms with Crippen LogP contribution in [-0.4, -0.2) is 35.7 Å². The lowest BCUT2D eigenvalue weighted by Gasteiger charge is -2.22. The maximum atomic E-state index is 12.0. The van der Waals surface area contributed by atoms with Gasteiger partial charge in [-0.2, -0.15) is 0 Å². The van der Waals surface area contributed by atoms with Crippen LogP contribution in [0.1, 0.15) is 27.6 Å². The SMILES string of the molecule is CC(NCC=O)N1C(=O)c2ccccc2C1=O. The maximum Gasteiger partial charge on any atom is 0.262 e. The Morgan fingerprint density at radius 3 is 2.24 bits per heavy atom. The number of nitrogens with one attached hydrogen (secondary N) is 1. The molecule has 5 nitrogen and oxygen atoms in total. The van der Waals surface area contributed by atoms with Crippen molar-refractivity contribution in [1.82, 2.24) is 10.2 Å². The molecule has 0 saturated heterocycles. The van der Waals surface area contributed by atoms with E-state index in [1.807, 2.05) is 0 Å². The number of aldehydes is 1. The van der Waals surface area contributed by atoms with Crippen molar-refractivity contribution in [2.24, 2.45) is 0 Å². The summed E-state index contributed by atoms with van der Waals surface area (Å²) in [5.41, 5.74) is 0.828. The first-order valence-corrected chi connectivity index (χ1v) is 5.30. The number of fused-ring (bicyclic) bond motifs is 1. The van der Waals surface area contributed by atoms with E-state index in [2.05, 4.69) is 5.32 Å². The number of imide groups is 1. The van der Waals surface area contributed by atoms with Crippen LogP contribution in [0.3, 0.4) is 0 Å². The molecule has 1 aromatic carbocycles. The van der Waals surface area contributed by atoms with Gasteiger partial charge in [0, 0.05) is 0 Å². The number of carbonyl (C=O) groups is 3. The lowest BCUT2D eigenvalue weighted by Crippen LogP contribution is -2.47. The summed E-state index contributed by atoms with van der Waals surface area (Å²) in [6.45, 7) is 1.78. The summed E-state index contributed by atoms with van der Waals surface area (Å²) < 4.78 is 0. The van der Waals surface area contributed by atoms with Crippen molar-refractivity contribution in [3.63, 3.8) is 0 Å². The van der Waals surface area contributed by atoms with Crippen LogP contribution in [0.15, 0.2) is 24.3 Å². The second-order valence-corrected chi connectivity index (χ2v) is 3.78. The molecule has 0 saturated carbocycles. The highest BCUT2D eigenvalue weighted by Crippen LogP contribution is 2.23. The van der Waals surface area contributed by atoms with Crippen molar-refractivity contribution in [3.8, 4) is 0 Å². The van der Waals surface area contributed by atoms with Crippen molar-refractivity contribution >= 4 is 18.1 Å². The van der Waals surface area contributed by atoms with Gasteiger partial charge in [0.05, 0.1) is 23.8 Å². The van der Waals surface area contributed by atoms with E-state index in [0.717, 1.165) is 4.90 Å². The zero-order chi connectivity index (χ0) is 12.4. The second kappa shape index (κ2) is 4.47. The minimum atomic E-state index is -0.493. The summed E-state index contributed by atoms with van der Waals surface area (Å²) >= 11 is 0. The van der Waals surface area contributed by atoms with Gasteiger partial charge in [0.1, 0.15) is 6.29 Å². The molecule has 0 bridgehead atoms.